The number of benzene rings is 1. The fourth-order valence-corrected chi connectivity index (χ4v) is 3.60. The summed E-state index contributed by atoms with van der Waals surface area (Å²) >= 11 is 3.19. The zero-order chi connectivity index (χ0) is 21.1. The van der Waals surface area contributed by atoms with E-state index >= 15 is 0 Å². The van der Waals surface area contributed by atoms with Gasteiger partial charge >= 0.3 is 5.69 Å². The quantitative estimate of drug-likeness (QED) is 0.441. The Hall–Kier alpha value is -3.34. The maximum absolute atomic E-state index is 14.2. The summed E-state index contributed by atoms with van der Waals surface area (Å²) in [5.74, 6) is 0.458. The fourth-order valence-electron chi connectivity index (χ4n) is 3.27. The third kappa shape index (κ3) is 4.15. The van der Waals surface area contributed by atoms with Crippen LogP contribution in [0.4, 0.5) is 33.2 Å². The summed E-state index contributed by atoms with van der Waals surface area (Å²) in [5.41, 5.74) is -0.197. The van der Waals surface area contributed by atoms with Gasteiger partial charge in [0.25, 0.3) is 0 Å². The number of anilines is 4. The molecule has 11 heteroatoms. The first-order valence-corrected chi connectivity index (χ1v) is 9.94. The van der Waals surface area contributed by atoms with Gasteiger partial charge in [0.2, 0.25) is 11.6 Å². The molecule has 0 unspecified atom stereocenters. The van der Waals surface area contributed by atoms with E-state index in [9.17, 15) is 14.5 Å². The summed E-state index contributed by atoms with van der Waals surface area (Å²) in [7, 11) is 0. The SMILES string of the molecule is O=[N+]([O-])c1c(Nc2ccc(Br)cc2F)ncnc1N1CCN(c2ccccn2)CC1. The Balaban J connectivity index is 1.58. The van der Waals surface area contributed by atoms with E-state index in [-0.39, 0.29) is 23.0 Å². The van der Waals surface area contributed by atoms with E-state index in [1.165, 1.54) is 18.5 Å². The highest BCUT2D eigenvalue weighted by Gasteiger charge is 2.30. The molecule has 1 aliphatic rings. The molecule has 0 aliphatic carbocycles. The van der Waals surface area contributed by atoms with Crippen LogP contribution in [-0.2, 0) is 0 Å². The Morgan fingerprint density at radius 2 is 1.83 bits per heavy atom. The molecule has 0 saturated carbocycles. The van der Waals surface area contributed by atoms with Crippen molar-refractivity contribution in [3.05, 3.63) is 69.3 Å². The van der Waals surface area contributed by atoms with Gasteiger partial charge in [0.15, 0.2) is 0 Å². The van der Waals surface area contributed by atoms with Crippen LogP contribution < -0.4 is 15.1 Å². The van der Waals surface area contributed by atoms with Crippen LogP contribution in [0.1, 0.15) is 0 Å². The minimum atomic E-state index is -0.553. The lowest BCUT2D eigenvalue weighted by Gasteiger charge is -2.35. The number of aromatic nitrogens is 3. The number of nitro groups is 1. The topological polar surface area (TPSA) is 100 Å². The van der Waals surface area contributed by atoms with Crippen molar-refractivity contribution in [2.75, 3.05) is 41.3 Å². The Bertz CT molecular complexity index is 1060. The van der Waals surface area contributed by atoms with Gasteiger partial charge in [0.1, 0.15) is 18.0 Å². The summed E-state index contributed by atoms with van der Waals surface area (Å²) < 4.78 is 14.8. The van der Waals surface area contributed by atoms with Crippen molar-refractivity contribution < 1.29 is 9.31 Å². The lowest BCUT2D eigenvalue weighted by Crippen LogP contribution is -2.47. The average Bonchev–Trinajstić information content (AvgIpc) is 2.76. The molecule has 1 N–H and O–H groups in total. The van der Waals surface area contributed by atoms with Crippen molar-refractivity contribution in [2.45, 2.75) is 0 Å². The third-order valence-electron chi connectivity index (χ3n) is 4.72. The summed E-state index contributed by atoms with van der Waals surface area (Å²) in [5, 5.41) is 14.6. The highest BCUT2D eigenvalue weighted by Crippen LogP contribution is 2.35. The largest absolute Gasteiger partial charge is 0.353 e. The molecule has 3 heterocycles. The van der Waals surface area contributed by atoms with Crippen LogP contribution in [0.15, 0.2) is 53.4 Å². The first-order valence-electron chi connectivity index (χ1n) is 9.15. The van der Waals surface area contributed by atoms with Crippen LogP contribution in [-0.4, -0.2) is 46.1 Å². The number of hydrogen-bond acceptors (Lipinski definition) is 8. The number of pyridine rings is 1. The van der Waals surface area contributed by atoms with Crippen LogP contribution >= 0.6 is 15.9 Å². The fraction of sp³-hybridized carbons (Fsp3) is 0.211. The maximum Gasteiger partial charge on any atom is 0.353 e. The maximum atomic E-state index is 14.2. The monoisotopic (exact) mass is 473 g/mol. The van der Waals surface area contributed by atoms with Crippen molar-refractivity contribution in [3.8, 4) is 0 Å². The minimum Gasteiger partial charge on any atom is -0.353 e. The molecule has 0 radical (unpaired) electrons. The summed E-state index contributed by atoms with van der Waals surface area (Å²) in [6.07, 6.45) is 2.97. The third-order valence-corrected chi connectivity index (χ3v) is 5.22. The van der Waals surface area contributed by atoms with Crippen LogP contribution in [0.2, 0.25) is 0 Å². The molecule has 1 fully saturated rings. The normalized spacial score (nSPS) is 13.9. The zero-order valence-corrected chi connectivity index (χ0v) is 17.3. The number of nitrogens with one attached hydrogen (secondary N) is 1. The van der Waals surface area contributed by atoms with Gasteiger partial charge < -0.3 is 15.1 Å². The summed E-state index contributed by atoms with van der Waals surface area (Å²) in [6, 6.07) is 10.1. The molecular formula is C19H17BrFN7O2. The molecule has 1 saturated heterocycles. The van der Waals surface area contributed by atoms with Gasteiger partial charge in [-0.3, -0.25) is 10.1 Å². The van der Waals surface area contributed by atoms with Crippen molar-refractivity contribution in [3.63, 3.8) is 0 Å². The highest BCUT2D eigenvalue weighted by atomic mass is 79.9. The standard InChI is InChI=1S/C19H17BrFN7O2/c20-13-4-5-15(14(21)11-13)25-18-17(28(29)30)19(24-12-23-18)27-9-7-26(8-10-27)16-3-1-2-6-22-16/h1-6,11-12H,7-10H2,(H,23,24,25). The first-order chi connectivity index (χ1) is 14.5. The Labute approximate surface area is 179 Å². The molecule has 1 aromatic carbocycles. The molecule has 9 nitrogen and oxygen atoms in total. The number of hydrogen-bond donors (Lipinski definition) is 1. The zero-order valence-electron chi connectivity index (χ0n) is 15.7. The highest BCUT2D eigenvalue weighted by molar-refractivity contribution is 9.10. The van der Waals surface area contributed by atoms with Gasteiger partial charge in [-0.15, -0.1) is 0 Å². The van der Waals surface area contributed by atoms with Crippen LogP contribution in [0.3, 0.4) is 0 Å². The van der Waals surface area contributed by atoms with Crippen molar-refractivity contribution >= 4 is 44.8 Å². The molecule has 0 bridgehead atoms. The van der Waals surface area contributed by atoms with Gasteiger partial charge in [0.05, 0.1) is 10.6 Å². The van der Waals surface area contributed by atoms with E-state index in [0.29, 0.717) is 30.7 Å². The van der Waals surface area contributed by atoms with Crippen molar-refractivity contribution in [2.24, 2.45) is 0 Å². The molecule has 0 amide bonds. The van der Waals surface area contributed by atoms with Gasteiger partial charge in [-0.25, -0.2) is 19.3 Å². The van der Waals surface area contributed by atoms with Crippen molar-refractivity contribution in [1.29, 1.82) is 0 Å². The number of rotatable bonds is 5. The Morgan fingerprint density at radius 1 is 1.07 bits per heavy atom. The molecule has 0 spiro atoms. The first kappa shape index (κ1) is 20.0. The predicted molar refractivity (Wildman–Crippen MR) is 115 cm³/mol. The second-order valence-electron chi connectivity index (χ2n) is 6.56. The van der Waals surface area contributed by atoms with E-state index < -0.39 is 10.7 Å². The van der Waals surface area contributed by atoms with E-state index in [2.05, 4.69) is 41.1 Å². The second-order valence-corrected chi connectivity index (χ2v) is 7.48. The van der Waals surface area contributed by atoms with E-state index in [1.54, 1.807) is 12.3 Å². The number of piperazine rings is 1. The molecular weight excluding hydrogens is 457 g/mol. The lowest BCUT2D eigenvalue weighted by molar-refractivity contribution is -0.383. The van der Waals surface area contributed by atoms with E-state index in [4.69, 9.17) is 0 Å². The average molecular weight is 474 g/mol. The smallest absolute Gasteiger partial charge is 0.353 e. The molecule has 1 aliphatic heterocycles. The summed E-state index contributed by atoms with van der Waals surface area (Å²) in [6.45, 7) is 2.34. The van der Waals surface area contributed by atoms with Crippen LogP contribution in [0.5, 0.6) is 0 Å². The van der Waals surface area contributed by atoms with E-state index in [0.717, 1.165) is 5.82 Å². The number of halogens is 2. The molecule has 2 aromatic heterocycles. The number of nitrogens with zero attached hydrogens (tertiary/aromatic N) is 6. The van der Waals surface area contributed by atoms with Gasteiger partial charge in [-0.2, -0.15) is 0 Å². The Kier molecular flexibility index (Phi) is 5.70. The van der Waals surface area contributed by atoms with Crippen LogP contribution in [0, 0.1) is 15.9 Å². The predicted octanol–water partition coefficient (Wildman–Crippen LogP) is 3.75. The molecule has 0 atom stereocenters. The summed E-state index contributed by atoms with van der Waals surface area (Å²) in [4.78, 5) is 27.7. The van der Waals surface area contributed by atoms with Gasteiger partial charge in [-0.05, 0) is 30.3 Å². The molecule has 4 rings (SSSR count). The molecule has 154 valence electrons. The second kappa shape index (κ2) is 8.57. The van der Waals surface area contributed by atoms with E-state index in [1.807, 2.05) is 23.1 Å². The van der Waals surface area contributed by atoms with Crippen LogP contribution in [0.25, 0.3) is 0 Å². The van der Waals surface area contributed by atoms with Gasteiger partial charge in [-0.1, -0.05) is 22.0 Å². The molecule has 3 aromatic rings. The molecule has 30 heavy (non-hydrogen) atoms. The lowest BCUT2D eigenvalue weighted by atomic mass is 10.2. The minimum absolute atomic E-state index is 0.0571. The van der Waals surface area contributed by atoms with Gasteiger partial charge in [0, 0.05) is 36.8 Å². The van der Waals surface area contributed by atoms with Crippen molar-refractivity contribution in [1.82, 2.24) is 15.0 Å². The Morgan fingerprint density at radius 3 is 2.50 bits per heavy atom.